The highest BCUT2D eigenvalue weighted by molar-refractivity contribution is 5.95. The molecule has 0 aromatic rings. The van der Waals surface area contributed by atoms with Crippen molar-refractivity contribution >= 4 is 23.6 Å². The lowest BCUT2D eigenvalue weighted by Crippen LogP contribution is -2.61. The van der Waals surface area contributed by atoms with E-state index < -0.39 is 137 Å². The Morgan fingerprint density at radius 2 is 2.03 bits per heavy atom. The first-order valence-electron chi connectivity index (χ1n) is 19.4. The van der Waals surface area contributed by atoms with Crippen LogP contribution in [0.15, 0.2) is 0 Å². The SMILES string of the molecule is [2H]C1([2H])CNC(=O)[C@@H]1C([2H])([2H])[C@@H](C#N)NC(=O)[C@@H]1[C@@H]2[C@H](CN1C(=O)[C@@H](NC(=O)C(F)(F)F)C(C([2H])([2H])[2H])(C([2H])([2H])[2H])C([2H])([2H])[2H])C2(C([2H])([2H])[2H])C([2H])([2H])[2H]. The van der Waals surface area contributed by atoms with Gasteiger partial charge < -0.3 is 20.9 Å². The highest BCUT2D eigenvalue weighted by Crippen LogP contribution is 2.65. The highest BCUT2D eigenvalue weighted by Gasteiger charge is 2.70. The number of likely N-dealkylation sites (tertiary alicyclic amines) is 1. The van der Waals surface area contributed by atoms with E-state index >= 15 is 0 Å². The van der Waals surface area contributed by atoms with Gasteiger partial charge in [-0.3, -0.25) is 19.2 Å². The van der Waals surface area contributed by atoms with Crippen molar-refractivity contribution < 1.29 is 58.4 Å². The minimum atomic E-state index is -6.05. The van der Waals surface area contributed by atoms with Gasteiger partial charge in [-0.25, -0.2) is 0 Å². The Labute approximate surface area is 228 Å². The molecular formula is C23H32F3N5O4. The number of amides is 4. The molecule has 12 heteroatoms. The van der Waals surface area contributed by atoms with Crippen molar-refractivity contribution in [3.63, 3.8) is 0 Å². The van der Waals surface area contributed by atoms with E-state index in [2.05, 4.69) is 0 Å². The second-order valence-electron chi connectivity index (χ2n) is 8.24. The molecule has 6 atom stereocenters. The van der Waals surface area contributed by atoms with Crippen LogP contribution in [-0.4, -0.2) is 65.9 Å². The van der Waals surface area contributed by atoms with E-state index in [0.29, 0.717) is 0 Å². The molecule has 1 aliphatic carbocycles. The molecule has 0 radical (unpaired) electrons. The lowest BCUT2D eigenvalue weighted by atomic mass is 9.85. The second kappa shape index (κ2) is 8.99. The van der Waals surface area contributed by atoms with Crippen LogP contribution in [0.1, 0.15) is 73.0 Å². The predicted octanol–water partition coefficient (Wildman–Crippen LogP) is 1.10. The number of carbonyl (C=O) groups excluding carboxylic acids is 4. The molecule has 3 fully saturated rings. The van der Waals surface area contributed by atoms with Gasteiger partial charge >= 0.3 is 12.1 Å². The van der Waals surface area contributed by atoms with Crippen LogP contribution in [0.3, 0.4) is 0 Å². The third-order valence-electron chi connectivity index (χ3n) is 5.85. The maximum atomic E-state index is 14.4. The number of piperidine rings is 1. The summed E-state index contributed by atoms with van der Waals surface area (Å²) >= 11 is 0. The summed E-state index contributed by atoms with van der Waals surface area (Å²) in [7, 11) is 0. The van der Waals surface area contributed by atoms with E-state index in [1.165, 1.54) is 6.07 Å². The fourth-order valence-electron chi connectivity index (χ4n) is 4.08. The number of carbonyl (C=O) groups is 4. The molecule has 2 heterocycles. The number of alkyl halides is 3. The first-order chi connectivity index (χ1) is 23.7. The van der Waals surface area contributed by atoms with E-state index in [4.69, 9.17) is 26.0 Å². The van der Waals surface area contributed by atoms with Gasteiger partial charge in [-0.1, -0.05) is 34.3 Å². The molecule has 1 saturated carbocycles. The second-order valence-corrected chi connectivity index (χ2v) is 8.24. The Hall–Kier alpha value is -2.84. The first-order valence-corrected chi connectivity index (χ1v) is 9.90. The summed E-state index contributed by atoms with van der Waals surface area (Å²) in [6, 6.07) is -7.84. The van der Waals surface area contributed by atoms with Crippen molar-refractivity contribution in [2.24, 2.45) is 28.6 Å². The number of fused-ring (bicyclic) bond motifs is 1. The van der Waals surface area contributed by atoms with Gasteiger partial charge in [-0.05, 0) is 35.4 Å². The van der Waals surface area contributed by atoms with E-state index in [-0.39, 0.29) is 4.90 Å². The summed E-state index contributed by atoms with van der Waals surface area (Å²) in [4.78, 5) is 53.1. The Kier molecular flexibility index (Phi) is 2.84. The number of nitrogens with one attached hydrogen (secondary N) is 3. The molecule has 3 N–H and O–H groups in total. The molecule has 4 amide bonds. The van der Waals surface area contributed by atoms with Crippen LogP contribution < -0.4 is 16.0 Å². The van der Waals surface area contributed by atoms with Crippen LogP contribution in [-0.2, 0) is 19.2 Å². The van der Waals surface area contributed by atoms with Crippen LogP contribution >= 0.6 is 0 Å². The number of rotatable bonds is 6. The minimum Gasteiger partial charge on any atom is -0.356 e. The minimum absolute atomic E-state index is 0.0504. The fourth-order valence-corrected chi connectivity index (χ4v) is 4.08. The molecule has 194 valence electrons. The first kappa shape index (κ1) is 11.0. The van der Waals surface area contributed by atoms with Crippen molar-refractivity contribution in [2.45, 2.75) is 71.3 Å². The summed E-state index contributed by atoms with van der Waals surface area (Å²) in [5, 5.41) is 14.4. The Morgan fingerprint density at radius 3 is 2.54 bits per heavy atom. The zero-order valence-electron chi connectivity index (χ0n) is 36.5. The van der Waals surface area contributed by atoms with E-state index in [9.17, 15) is 37.6 Å². The van der Waals surface area contributed by atoms with Gasteiger partial charge in [0.25, 0.3) is 0 Å². The molecule has 0 aromatic carbocycles. The maximum absolute atomic E-state index is 14.4. The van der Waals surface area contributed by atoms with Crippen molar-refractivity contribution in [1.29, 1.82) is 5.26 Å². The van der Waals surface area contributed by atoms with E-state index in [1.54, 1.807) is 5.32 Å². The van der Waals surface area contributed by atoms with Crippen molar-refractivity contribution in [2.75, 3.05) is 13.1 Å². The lowest BCUT2D eigenvalue weighted by Gasteiger charge is -2.37. The molecule has 3 aliphatic rings. The van der Waals surface area contributed by atoms with Crippen LogP contribution in [0, 0.1) is 39.9 Å². The molecular weight excluding hydrogens is 467 g/mol. The summed E-state index contributed by atoms with van der Waals surface area (Å²) in [6.45, 7) is -22.7. The monoisotopic (exact) mass is 518 g/mol. The highest BCUT2D eigenvalue weighted by atomic mass is 19.4. The van der Waals surface area contributed by atoms with Crippen LogP contribution in [0.25, 0.3) is 0 Å². The topological polar surface area (TPSA) is 131 Å². The maximum Gasteiger partial charge on any atom is 0.471 e. The number of hydrogen-bond acceptors (Lipinski definition) is 5. The van der Waals surface area contributed by atoms with Gasteiger partial charge in [0.1, 0.15) is 18.1 Å². The van der Waals surface area contributed by atoms with Gasteiger partial charge in [-0.15, -0.1) is 0 Å². The number of halogens is 3. The largest absolute Gasteiger partial charge is 0.471 e. The van der Waals surface area contributed by atoms with Crippen molar-refractivity contribution in [3.8, 4) is 6.07 Å². The summed E-state index contributed by atoms with van der Waals surface area (Å²) in [5.41, 5.74) is -7.58. The molecule has 0 bridgehead atoms. The van der Waals surface area contributed by atoms with Gasteiger partial charge in [-0.2, -0.15) is 18.4 Å². The standard InChI is InChI=1S/C23H32F3N5O4/c1-21(2,3)16(30-20(35)23(24,25)26)19(34)31-10-13-14(22(13,4)5)15(31)18(33)29-12(9-27)8-11-6-7-28-17(11)32/h11-16H,6-8,10H2,1-5H3,(H,28,32)(H,29,33)(H,30,35)/t11-,12-,13-,14-,15-,16+/m0/s1/i1D3,2D3,3D3,4D3,5D3,6D2,8D2. The van der Waals surface area contributed by atoms with Crippen molar-refractivity contribution in [1.82, 2.24) is 20.9 Å². The molecule has 2 saturated heterocycles. The third kappa shape index (κ3) is 5.23. The molecule has 0 aromatic heterocycles. The van der Waals surface area contributed by atoms with Gasteiger partial charge in [0, 0.05) is 45.1 Å². The summed E-state index contributed by atoms with van der Waals surface area (Å²) in [6.07, 6.45) is -12.1. The average Bonchev–Trinajstić information content (AvgIpc) is 3.31. The molecule has 35 heavy (non-hydrogen) atoms. The van der Waals surface area contributed by atoms with Gasteiger partial charge in [0.05, 0.1) is 6.07 Å². The van der Waals surface area contributed by atoms with Crippen LogP contribution in [0.4, 0.5) is 13.2 Å². The summed E-state index contributed by atoms with van der Waals surface area (Å²) in [5.74, 6) is -15.1. The normalized spacial score (nSPS) is 40.6. The fraction of sp³-hybridized carbons (Fsp3) is 0.783. The zero-order chi connectivity index (χ0) is 42.6. The predicted molar refractivity (Wildman–Crippen MR) is 117 cm³/mol. The summed E-state index contributed by atoms with van der Waals surface area (Å²) < 4.78 is 193. The van der Waals surface area contributed by atoms with Crippen LogP contribution in [0.2, 0.25) is 0 Å². The zero-order valence-corrected chi connectivity index (χ0v) is 17.5. The Balaban J connectivity index is 2.33. The molecule has 9 nitrogen and oxygen atoms in total. The van der Waals surface area contributed by atoms with Gasteiger partial charge in [0.2, 0.25) is 17.7 Å². The van der Waals surface area contributed by atoms with Crippen LogP contribution in [0.5, 0.6) is 0 Å². The molecule has 0 unspecified atom stereocenters. The molecule has 2 aliphatic heterocycles. The molecule has 0 spiro atoms. The molecule has 3 rings (SSSR count). The smallest absolute Gasteiger partial charge is 0.356 e. The lowest BCUT2D eigenvalue weighted by molar-refractivity contribution is -0.176. The Morgan fingerprint density at radius 1 is 1.34 bits per heavy atom. The average molecular weight is 519 g/mol. The number of nitrogens with zero attached hydrogens (tertiary/aromatic N) is 2. The van der Waals surface area contributed by atoms with E-state index in [0.717, 1.165) is 5.32 Å². The quantitative estimate of drug-likeness (QED) is 0.485. The van der Waals surface area contributed by atoms with E-state index in [1.807, 2.05) is 5.32 Å². The third-order valence-corrected chi connectivity index (χ3v) is 5.85. The Bertz CT molecular complexity index is 1550. The van der Waals surface area contributed by atoms with Crippen molar-refractivity contribution in [3.05, 3.63) is 0 Å². The number of hydrogen-bond donors (Lipinski definition) is 3. The van der Waals surface area contributed by atoms with Gasteiger partial charge in [0.15, 0.2) is 0 Å². The number of nitriles is 1.